The van der Waals surface area contributed by atoms with Gasteiger partial charge in [0.2, 0.25) is 0 Å². The van der Waals surface area contributed by atoms with Crippen molar-refractivity contribution in [1.82, 2.24) is 14.8 Å². The monoisotopic (exact) mass is 264 g/mol. The van der Waals surface area contributed by atoms with Gasteiger partial charge in [0, 0.05) is 24.6 Å². The van der Waals surface area contributed by atoms with Crippen molar-refractivity contribution in [3.8, 4) is 5.69 Å². The van der Waals surface area contributed by atoms with E-state index in [9.17, 15) is 0 Å². The van der Waals surface area contributed by atoms with Gasteiger partial charge in [-0.3, -0.25) is 4.98 Å². The molecule has 3 rings (SSSR count). The van der Waals surface area contributed by atoms with Crippen LogP contribution in [0.2, 0.25) is 0 Å². The van der Waals surface area contributed by atoms with E-state index in [0.717, 1.165) is 23.6 Å². The molecule has 100 valence electrons. The maximum absolute atomic E-state index is 4.27. The minimum Gasteiger partial charge on any atom is -0.380 e. The number of aryl methyl sites for hydroxylation is 1. The summed E-state index contributed by atoms with van der Waals surface area (Å²) in [6.07, 6.45) is 5.57. The predicted molar refractivity (Wildman–Crippen MR) is 79.9 cm³/mol. The second kappa shape index (κ2) is 5.57. The highest BCUT2D eigenvalue weighted by molar-refractivity contribution is 5.42. The number of hydrogen-bond donors (Lipinski definition) is 1. The van der Waals surface area contributed by atoms with Crippen molar-refractivity contribution in [1.29, 1.82) is 0 Å². The quantitative estimate of drug-likeness (QED) is 0.787. The van der Waals surface area contributed by atoms with Crippen LogP contribution in [0.1, 0.15) is 11.3 Å². The van der Waals surface area contributed by atoms with E-state index in [0.29, 0.717) is 0 Å². The highest BCUT2D eigenvalue weighted by Gasteiger charge is 1.98. The summed E-state index contributed by atoms with van der Waals surface area (Å²) in [5, 5.41) is 7.57. The molecular formula is C16H16N4. The average Bonchev–Trinajstić information content (AvgIpc) is 3.01. The van der Waals surface area contributed by atoms with Gasteiger partial charge in [-0.05, 0) is 42.8 Å². The van der Waals surface area contributed by atoms with Crippen LogP contribution in [0.4, 0.5) is 5.69 Å². The first-order valence-electron chi connectivity index (χ1n) is 6.57. The number of benzene rings is 1. The molecule has 0 fully saturated rings. The van der Waals surface area contributed by atoms with Crippen LogP contribution < -0.4 is 5.32 Å². The van der Waals surface area contributed by atoms with Gasteiger partial charge in [-0.1, -0.05) is 12.1 Å². The second-order valence-electron chi connectivity index (χ2n) is 4.66. The third kappa shape index (κ3) is 2.85. The van der Waals surface area contributed by atoms with Crippen LogP contribution in [0, 0.1) is 6.92 Å². The lowest BCUT2D eigenvalue weighted by molar-refractivity contribution is 0.879. The van der Waals surface area contributed by atoms with Gasteiger partial charge in [-0.2, -0.15) is 5.10 Å². The first-order chi connectivity index (χ1) is 9.81. The molecule has 0 unspecified atom stereocenters. The van der Waals surface area contributed by atoms with Crippen LogP contribution in [0.5, 0.6) is 0 Å². The van der Waals surface area contributed by atoms with E-state index in [2.05, 4.69) is 39.7 Å². The zero-order valence-electron chi connectivity index (χ0n) is 11.3. The molecule has 0 radical (unpaired) electrons. The maximum atomic E-state index is 4.27. The van der Waals surface area contributed by atoms with Crippen LogP contribution in [-0.4, -0.2) is 14.8 Å². The van der Waals surface area contributed by atoms with Crippen LogP contribution in [0.15, 0.2) is 61.1 Å². The Morgan fingerprint density at radius 3 is 2.60 bits per heavy atom. The van der Waals surface area contributed by atoms with Gasteiger partial charge in [0.15, 0.2) is 0 Å². The average molecular weight is 264 g/mol. The Balaban J connectivity index is 1.65. The van der Waals surface area contributed by atoms with E-state index in [1.165, 1.54) is 5.56 Å². The van der Waals surface area contributed by atoms with Gasteiger partial charge in [0.25, 0.3) is 0 Å². The maximum Gasteiger partial charge on any atom is 0.0645 e. The summed E-state index contributed by atoms with van der Waals surface area (Å²) in [6, 6.07) is 14.3. The minimum atomic E-state index is 0.782. The Morgan fingerprint density at radius 2 is 1.95 bits per heavy atom. The van der Waals surface area contributed by atoms with Gasteiger partial charge >= 0.3 is 0 Å². The fourth-order valence-corrected chi connectivity index (χ4v) is 1.96. The number of hydrogen-bond acceptors (Lipinski definition) is 3. The number of aromatic nitrogens is 3. The lowest BCUT2D eigenvalue weighted by atomic mass is 10.2. The zero-order valence-corrected chi connectivity index (χ0v) is 11.3. The largest absolute Gasteiger partial charge is 0.380 e. The summed E-state index contributed by atoms with van der Waals surface area (Å²) in [5.74, 6) is 0. The van der Waals surface area contributed by atoms with Gasteiger partial charge in [0.05, 0.1) is 17.6 Å². The first kappa shape index (κ1) is 12.4. The molecule has 2 heterocycles. The van der Waals surface area contributed by atoms with Gasteiger partial charge in [-0.25, -0.2) is 4.68 Å². The van der Waals surface area contributed by atoms with Crippen LogP contribution in [0.3, 0.4) is 0 Å². The van der Waals surface area contributed by atoms with Crippen molar-refractivity contribution in [3.05, 3.63) is 72.3 Å². The van der Waals surface area contributed by atoms with Crippen LogP contribution in [-0.2, 0) is 6.54 Å². The van der Waals surface area contributed by atoms with Gasteiger partial charge < -0.3 is 5.32 Å². The Bertz CT molecular complexity index is 655. The molecule has 0 aliphatic rings. The summed E-state index contributed by atoms with van der Waals surface area (Å²) < 4.78 is 1.85. The molecule has 1 aromatic carbocycles. The fourth-order valence-electron chi connectivity index (χ4n) is 1.96. The Hall–Kier alpha value is -2.62. The molecule has 4 heteroatoms. The lowest BCUT2D eigenvalue weighted by Gasteiger charge is -2.07. The summed E-state index contributed by atoms with van der Waals surface area (Å²) in [4.78, 5) is 4.27. The highest BCUT2D eigenvalue weighted by Crippen LogP contribution is 2.11. The fraction of sp³-hybridized carbons (Fsp3) is 0.125. The van der Waals surface area contributed by atoms with E-state index in [-0.39, 0.29) is 0 Å². The van der Waals surface area contributed by atoms with Crippen molar-refractivity contribution < 1.29 is 0 Å². The molecule has 2 aromatic heterocycles. The minimum absolute atomic E-state index is 0.782. The molecule has 0 saturated carbocycles. The first-order valence-corrected chi connectivity index (χ1v) is 6.57. The van der Waals surface area contributed by atoms with E-state index >= 15 is 0 Å². The Morgan fingerprint density at radius 1 is 1.10 bits per heavy atom. The summed E-state index contributed by atoms with van der Waals surface area (Å²) in [7, 11) is 0. The molecule has 3 aromatic rings. The van der Waals surface area contributed by atoms with Crippen LogP contribution in [0.25, 0.3) is 5.69 Å². The normalized spacial score (nSPS) is 10.4. The summed E-state index contributed by atoms with van der Waals surface area (Å²) >= 11 is 0. The third-order valence-electron chi connectivity index (χ3n) is 3.11. The molecule has 20 heavy (non-hydrogen) atoms. The predicted octanol–water partition coefficient (Wildman–Crippen LogP) is 3.19. The van der Waals surface area contributed by atoms with E-state index in [1.54, 1.807) is 6.20 Å². The molecule has 0 spiro atoms. The molecule has 4 nitrogen and oxygen atoms in total. The molecule has 1 N–H and O–H groups in total. The van der Waals surface area contributed by atoms with Crippen molar-refractivity contribution in [3.63, 3.8) is 0 Å². The van der Waals surface area contributed by atoms with Crippen molar-refractivity contribution in [2.75, 3.05) is 5.32 Å². The third-order valence-corrected chi connectivity index (χ3v) is 3.11. The molecule has 0 bridgehead atoms. The lowest BCUT2D eigenvalue weighted by Crippen LogP contribution is -2.01. The molecule has 0 atom stereocenters. The van der Waals surface area contributed by atoms with Gasteiger partial charge in [-0.15, -0.1) is 0 Å². The van der Waals surface area contributed by atoms with Gasteiger partial charge in [0.1, 0.15) is 0 Å². The number of pyridine rings is 1. The van der Waals surface area contributed by atoms with E-state index in [4.69, 9.17) is 0 Å². The number of nitrogens with one attached hydrogen (secondary N) is 1. The molecule has 0 saturated heterocycles. The Kier molecular flexibility index (Phi) is 3.46. The number of nitrogens with zero attached hydrogens (tertiary/aromatic N) is 3. The molecular weight excluding hydrogens is 248 g/mol. The Labute approximate surface area is 118 Å². The summed E-state index contributed by atoms with van der Waals surface area (Å²) in [5.41, 5.74) is 4.35. The molecule has 0 aliphatic carbocycles. The van der Waals surface area contributed by atoms with Crippen LogP contribution >= 0.6 is 0 Å². The highest BCUT2D eigenvalue weighted by atomic mass is 15.3. The summed E-state index contributed by atoms with van der Waals surface area (Å²) in [6.45, 7) is 2.77. The topological polar surface area (TPSA) is 42.7 Å². The zero-order chi connectivity index (χ0) is 13.8. The smallest absolute Gasteiger partial charge is 0.0645 e. The standard InChI is InChI=1S/C16H16N4/c1-13-3-6-15(12-17-13)18-11-14-4-7-16(8-5-14)20-10-2-9-19-20/h2-10,12,18H,11H2,1H3. The SMILES string of the molecule is Cc1ccc(NCc2ccc(-n3cccn3)cc2)cn1. The van der Waals surface area contributed by atoms with Crippen molar-refractivity contribution in [2.24, 2.45) is 0 Å². The number of anilines is 1. The van der Waals surface area contributed by atoms with Crippen molar-refractivity contribution in [2.45, 2.75) is 13.5 Å². The number of rotatable bonds is 4. The van der Waals surface area contributed by atoms with E-state index < -0.39 is 0 Å². The van der Waals surface area contributed by atoms with Crippen molar-refractivity contribution >= 4 is 5.69 Å². The molecule has 0 amide bonds. The van der Waals surface area contributed by atoms with E-state index in [1.807, 2.05) is 42.2 Å². The second-order valence-corrected chi connectivity index (χ2v) is 4.66. The molecule has 0 aliphatic heterocycles.